The molecule has 0 atom stereocenters. The van der Waals surface area contributed by atoms with Crippen molar-refractivity contribution in [2.24, 2.45) is 0 Å². The summed E-state index contributed by atoms with van der Waals surface area (Å²) >= 11 is 5.92. The molecule has 0 aromatic heterocycles. The van der Waals surface area contributed by atoms with Crippen LogP contribution in [0, 0.1) is 0 Å². The summed E-state index contributed by atoms with van der Waals surface area (Å²) in [7, 11) is -3.48. The fourth-order valence-electron chi connectivity index (χ4n) is 2.78. The molecule has 0 bridgehead atoms. The van der Waals surface area contributed by atoms with E-state index >= 15 is 0 Å². The highest BCUT2D eigenvalue weighted by Gasteiger charge is 2.45. The Morgan fingerprint density at radius 2 is 1.89 bits per heavy atom. The fraction of sp³-hybridized carbons (Fsp3) is 0.462. The number of carboxylic acid groups (broad SMARTS) is 1. The normalized spacial score (nSPS) is 18.4. The van der Waals surface area contributed by atoms with Gasteiger partial charge in [0.2, 0.25) is 0 Å². The van der Waals surface area contributed by atoms with E-state index in [4.69, 9.17) is 11.6 Å². The van der Waals surface area contributed by atoms with Crippen LogP contribution < -0.4 is 0 Å². The van der Waals surface area contributed by atoms with E-state index in [1.807, 2.05) is 0 Å². The first-order valence-corrected chi connectivity index (χ1v) is 8.28. The highest BCUT2D eigenvalue weighted by molar-refractivity contribution is 7.90. The minimum Gasteiger partial charge on any atom is -0.481 e. The summed E-state index contributed by atoms with van der Waals surface area (Å²) in [6.07, 6.45) is 3.55. The van der Waals surface area contributed by atoms with Gasteiger partial charge in [0, 0.05) is 11.3 Å². The molecule has 0 aliphatic heterocycles. The van der Waals surface area contributed by atoms with Crippen LogP contribution in [0.4, 0.5) is 0 Å². The Morgan fingerprint density at radius 3 is 2.37 bits per heavy atom. The molecule has 1 saturated carbocycles. The number of hydrogen-bond acceptors (Lipinski definition) is 3. The number of sulfone groups is 1. The molecule has 104 valence electrons. The molecule has 1 aromatic carbocycles. The van der Waals surface area contributed by atoms with E-state index in [0.717, 1.165) is 19.1 Å². The molecule has 0 saturated heterocycles. The van der Waals surface area contributed by atoms with E-state index in [2.05, 4.69) is 0 Å². The van der Waals surface area contributed by atoms with Crippen LogP contribution in [0.2, 0.25) is 5.02 Å². The van der Waals surface area contributed by atoms with E-state index in [0.29, 0.717) is 23.4 Å². The lowest BCUT2D eigenvalue weighted by Crippen LogP contribution is -2.34. The Labute approximate surface area is 117 Å². The Kier molecular flexibility index (Phi) is 3.62. The van der Waals surface area contributed by atoms with Crippen molar-refractivity contribution in [3.8, 4) is 0 Å². The molecule has 0 radical (unpaired) electrons. The Hall–Kier alpha value is -1.07. The van der Waals surface area contributed by atoms with Crippen LogP contribution in [0.25, 0.3) is 0 Å². The maximum absolute atomic E-state index is 11.9. The van der Waals surface area contributed by atoms with Gasteiger partial charge in [-0.2, -0.15) is 0 Å². The monoisotopic (exact) mass is 302 g/mol. The largest absolute Gasteiger partial charge is 0.481 e. The van der Waals surface area contributed by atoms with Gasteiger partial charge < -0.3 is 5.11 Å². The van der Waals surface area contributed by atoms with Gasteiger partial charge in [0.25, 0.3) is 0 Å². The maximum Gasteiger partial charge on any atom is 0.314 e. The first-order chi connectivity index (χ1) is 8.77. The lowest BCUT2D eigenvalue weighted by atomic mass is 9.79. The third kappa shape index (κ3) is 2.49. The Balaban J connectivity index is 2.73. The Morgan fingerprint density at radius 1 is 1.32 bits per heavy atom. The van der Waals surface area contributed by atoms with Crippen LogP contribution in [0.1, 0.15) is 31.2 Å². The molecule has 0 heterocycles. The zero-order chi connectivity index (χ0) is 14.3. The minimum atomic E-state index is -3.48. The van der Waals surface area contributed by atoms with Gasteiger partial charge in [-0.3, -0.25) is 4.79 Å². The van der Waals surface area contributed by atoms with Gasteiger partial charge in [0.15, 0.2) is 9.84 Å². The van der Waals surface area contributed by atoms with Crippen molar-refractivity contribution < 1.29 is 18.3 Å². The highest BCUT2D eigenvalue weighted by atomic mass is 35.5. The van der Waals surface area contributed by atoms with Crippen molar-refractivity contribution in [1.29, 1.82) is 0 Å². The summed E-state index contributed by atoms with van der Waals surface area (Å²) in [5, 5.41) is 9.92. The summed E-state index contributed by atoms with van der Waals surface area (Å²) in [6, 6.07) is 4.36. The van der Waals surface area contributed by atoms with Crippen molar-refractivity contribution in [3.63, 3.8) is 0 Å². The highest BCUT2D eigenvalue weighted by Crippen LogP contribution is 2.44. The van der Waals surface area contributed by atoms with Gasteiger partial charge in [-0.25, -0.2) is 8.42 Å². The number of carbonyl (C=O) groups is 1. The number of rotatable bonds is 3. The minimum absolute atomic E-state index is 0.0706. The van der Waals surface area contributed by atoms with Gasteiger partial charge in [0.1, 0.15) is 0 Å². The van der Waals surface area contributed by atoms with Crippen LogP contribution in [0.3, 0.4) is 0 Å². The molecule has 1 N–H and O–H groups in total. The topological polar surface area (TPSA) is 71.4 Å². The van der Waals surface area contributed by atoms with Crippen molar-refractivity contribution in [2.75, 3.05) is 6.26 Å². The standard InChI is InChI=1S/C13H15ClO4S/c1-19(17,18)11-5-4-9(14)8-10(11)13(12(15)16)6-2-3-7-13/h4-5,8H,2-3,6-7H2,1H3,(H,15,16). The molecule has 19 heavy (non-hydrogen) atoms. The van der Waals surface area contributed by atoms with Gasteiger partial charge in [0.05, 0.1) is 10.3 Å². The van der Waals surface area contributed by atoms with E-state index in [9.17, 15) is 18.3 Å². The van der Waals surface area contributed by atoms with Crippen LogP contribution in [-0.4, -0.2) is 25.7 Å². The Bertz CT molecular complexity index is 616. The molecule has 1 aliphatic rings. The van der Waals surface area contributed by atoms with Crippen molar-refractivity contribution >= 4 is 27.4 Å². The first-order valence-electron chi connectivity index (χ1n) is 6.01. The smallest absolute Gasteiger partial charge is 0.314 e. The zero-order valence-corrected chi connectivity index (χ0v) is 12.1. The lowest BCUT2D eigenvalue weighted by molar-refractivity contribution is -0.143. The molecule has 0 amide bonds. The van der Waals surface area contributed by atoms with Crippen molar-refractivity contribution in [1.82, 2.24) is 0 Å². The maximum atomic E-state index is 11.9. The van der Waals surface area contributed by atoms with Crippen LogP contribution in [0.5, 0.6) is 0 Å². The molecule has 0 spiro atoms. The second kappa shape index (κ2) is 4.80. The second-order valence-electron chi connectivity index (χ2n) is 5.01. The summed E-state index contributed by atoms with van der Waals surface area (Å²) in [4.78, 5) is 11.7. The predicted molar refractivity (Wildman–Crippen MR) is 72.3 cm³/mol. The number of benzene rings is 1. The number of carboxylic acids is 1. The summed E-state index contributed by atoms with van der Waals surface area (Å²) < 4.78 is 23.7. The average molecular weight is 303 g/mol. The third-order valence-corrected chi connectivity index (χ3v) is 5.11. The van der Waals surface area contributed by atoms with Gasteiger partial charge in [-0.1, -0.05) is 24.4 Å². The predicted octanol–water partition coefficient (Wildman–Crippen LogP) is 2.64. The van der Waals surface area contributed by atoms with Crippen molar-refractivity contribution in [2.45, 2.75) is 36.0 Å². The van der Waals surface area contributed by atoms with Gasteiger partial charge >= 0.3 is 5.97 Å². The lowest BCUT2D eigenvalue weighted by Gasteiger charge is -2.26. The number of halogens is 1. The third-order valence-electron chi connectivity index (χ3n) is 3.72. The SMILES string of the molecule is CS(=O)(=O)c1ccc(Cl)cc1C1(C(=O)O)CCCC1. The van der Waals surface area contributed by atoms with Crippen molar-refractivity contribution in [3.05, 3.63) is 28.8 Å². The molecule has 6 heteroatoms. The molecular formula is C13H15ClO4S. The van der Waals surface area contributed by atoms with Crippen LogP contribution in [0.15, 0.2) is 23.1 Å². The number of aliphatic carboxylic acids is 1. The average Bonchev–Trinajstić information content (AvgIpc) is 2.77. The molecule has 1 aromatic rings. The summed E-state index contributed by atoms with van der Waals surface area (Å²) in [5.41, 5.74) is -0.795. The molecule has 1 fully saturated rings. The van der Waals surface area contributed by atoms with E-state index in [-0.39, 0.29) is 4.90 Å². The second-order valence-corrected chi connectivity index (χ2v) is 7.43. The van der Waals surface area contributed by atoms with E-state index in [1.54, 1.807) is 0 Å². The zero-order valence-electron chi connectivity index (χ0n) is 10.5. The molecular weight excluding hydrogens is 288 g/mol. The molecule has 1 aliphatic carbocycles. The van der Waals surface area contributed by atoms with Gasteiger partial charge in [-0.15, -0.1) is 0 Å². The summed E-state index contributed by atoms with van der Waals surface area (Å²) in [6.45, 7) is 0. The van der Waals surface area contributed by atoms with Crippen LogP contribution in [-0.2, 0) is 20.0 Å². The molecule has 2 rings (SSSR count). The fourth-order valence-corrected chi connectivity index (χ4v) is 3.92. The van der Waals surface area contributed by atoms with E-state index in [1.165, 1.54) is 18.2 Å². The summed E-state index contributed by atoms with van der Waals surface area (Å²) in [5.74, 6) is -0.975. The first kappa shape index (κ1) is 14.3. The van der Waals surface area contributed by atoms with Gasteiger partial charge in [-0.05, 0) is 36.6 Å². The van der Waals surface area contributed by atoms with Crippen LogP contribution >= 0.6 is 11.6 Å². The quantitative estimate of drug-likeness (QED) is 0.931. The number of hydrogen-bond donors (Lipinski definition) is 1. The van der Waals surface area contributed by atoms with E-state index < -0.39 is 21.2 Å². The molecule has 0 unspecified atom stereocenters. The molecule has 4 nitrogen and oxygen atoms in total.